The van der Waals surface area contributed by atoms with E-state index in [1.807, 2.05) is 6.92 Å². The summed E-state index contributed by atoms with van der Waals surface area (Å²) in [6.07, 6.45) is -6.30. The van der Waals surface area contributed by atoms with Crippen LogP contribution >= 0.6 is 0 Å². The minimum atomic E-state index is -1.58. The molecule has 0 aliphatic carbocycles. The second kappa shape index (κ2) is 30.2. The second-order valence-corrected chi connectivity index (χ2v) is 17.4. The van der Waals surface area contributed by atoms with Gasteiger partial charge in [-0.05, 0) is 32.6 Å². The molecule has 0 radical (unpaired) electrons. The number of carbonyl (C=O) groups excluding carboxylic acids is 1. The van der Waals surface area contributed by atoms with E-state index >= 15 is 0 Å². The lowest BCUT2D eigenvalue weighted by atomic mass is 9.98. The highest BCUT2D eigenvalue weighted by atomic mass is 16.7. The van der Waals surface area contributed by atoms with E-state index in [0.29, 0.717) is 25.7 Å². The van der Waals surface area contributed by atoms with E-state index in [9.17, 15) is 66.1 Å². The summed E-state index contributed by atoms with van der Waals surface area (Å²) in [5.41, 5.74) is 0. The predicted octanol–water partition coefficient (Wildman–Crippen LogP) is -0.853. The van der Waals surface area contributed by atoms with Gasteiger partial charge in [-0.25, -0.2) is 0 Å². The van der Waals surface area contributed by atoms with Gasteiger partial charge in [0.25, 0.3) is 0 Å². The van der Waals surface area contributed by atoms with Crippen LogP contribution < -0.4 is 0 Å². The first-order valence-electron chi connectivity index (χ1n) is 23.1. The molecular formula is C43H80O20. The topological polar surface area (TPSA) is 324 Å². The van der Waals surface area contributed by atoms with Crippen LogP contribution in [0, 0.1) is 0 Å². The number of aliphatic hydroxyl groups excluding tert-OH is 12. The highest BCUT2D eigenvalue weighted by molar-refractivity contribution is 5.69. The Hall–Kier alpha value is -1.25. The van der Waals surface area contributed by atoms with Crippen LogP contribution in [0.3, 0.4) is 0 Å². The second-order valence-electron chi connectivity index (χ2n) is 17.4. The zero-order valence-corrected chi connectivity index (χ0v) is 37.1. The van der Waals surface area contributed by atoms with Gasteiger partial charge in [0.1, 0.15) is 73.2 Å². The maximum absolute atomic E-state index is 12.0. The van der Waals surface area contributed by atoms with Gasteiger partial charge in [0.05, 0.1) is 51.7 Å². The monoisotopic (exact) mass is 917 g/mol. The standard InChI is InChI=1S/C43H80O20/c1-25(58-41-38(54)35(51)32(48)28(22-44)61-41)17-13-9-8-12-15-19-26(59-42-39(55)36(52)33(49)29(23-45)62-42)18-14-10-6-4-3-5-7-11-16-20-27(21-31(47)57-2)60-43-40(56)37(53)34(50)30(24-46)63-43/h25-30,32-46,48-56H,3-24H2,1-2H3. The molecule has 3 aliphatic heterocycles. The van der Waals surface area contributed by atoms with Crippen molar-refractivity contribution in [1.29, 1.82) is 0 Å². The third-order valence-corrected chi connectivity index (χ3v) is 12.4. The fourth-order valence-electron chi connectivity index (χ4n) is 8.30. The number of rotatable bonds is 31. The van der Waals surface area contributed by atoms with Gasteiger partial charge in [0, 0.05) is 0 Å². The average molecular weight is 917 g/mol. The molecule has 0 aromatic rings. The van der Waals surface area contributed by atoms with Crippen LogP contribution in [0.1, 0.15) is 129 Å². The first-order chi connectivity index (χ1) is 30.2. The van der Waals surface area contributed by atoms with Crippen LogP contribution in [-0.4, -0.2) is 205 Å². The molecule has 3 aliphatic rings. The number of methoxy groups -OCH3 is 1. The van der Waals surface area contributed by atoms with Gasteiger partial charge in [-0.15, -0.1) is 0 Å². The summed E-state index contributed by atoms with van der Waals surface area (Å²) < 4.78 is 39.1. The van der Waals surface area contributed by atoms with Crippen molar-refractivity contribution >= 4 is 5.97 Å². The predicted molar refractivity (Wildman–Crippen MR) is 221 cm³/mol. The molecule has 0 spiro atoms. The Morgan fingerprint density at radius 3 is 1.08 bits per heavy atom. The van der Waals surface area contributed by atoms with Crippen LogP contribution in [0.5, 0.6) is 0 Å². The Morgan fingerprint density at radius 2 is 0.730 bits per heavy atom. The molecule has 3 saturated heterocycles. The van der Waals surface area contributed by atoms with E-state index < -0.39 is 124 Å². The molecule has 3 rings (SSSR count). The number of unbranched alkanes of at least 4 members (excludes halogenated alkanes) is 12. The van der Waals surface area contributed by atoms with Gasteiger partial charge >= 0.3 is 5.97 Å². The van der Waals surface area contributed by atoms with Crippen LogP contribution in [0.25, 0.3) is 0 Å². The Kier molecular flexibility index (Phi) is 26.9. The van der Waals surface area contributed by atoms with Gasteiger partial charge in [-0.2, -0.15) is 0 Å². The van der Waals surface area contributed by atoms with E-state index in [4.69, 9.17) is 33.2 Å². The Balaban J connectivity index is 1.34. The van der Waals surface area contributed by atoms with E-state index in [1.165, 1.54) is 7.11 Å². The molecule has 0 amide bonds. The molecule has 12 N–H and O–H groups in total. The van der Waals surface area contributed by atoms with Gasteiger partial charge in [0.15, 0.2) is 18.9 Å². The normalized spacial score (nSPS) is 35.3. The Labute approximate surface area is 371 Å². The van der Waals surface area contributed by atoms with E-state index in [1.54, 1.807) is 0 Å². The van der Waals surface area contributed by atoms with Gasteiger partial charge in [-0.1, -0.05) is 89.9 Å². The largest absolute Gasteiger partial charge is 0.469 e. The quantitative estimate of drug-likeness (QED) is 0.0298. The van der Waals surface area contributed by atoms with Crippen molar-refractivity contribution in [3.05, 3.63) is 0 Å². The summed E-state index contributed by atoms with van der Waals surface area (Å²) in [7, 11) is 1.26. The van der Waals surface area contributed by atoms with Gasteiger partial charge in [0.2, 0.25) is 0 Å². The molecule has 0 bridgehead atoms. The highest BCUT2D eigenvalue weighted by Gasteiger charge is 2.47. The van der Waals surface area contributed by atoms with E-state index in [2.05, 4.69) is 0 Å². The van der Waals surface area contributed by atoms with Crippen molar-refractivity contribution in [2.45, 2.75) is 239 Å². The summed E-state index contributed by atoms with van der Waals surface area (Å²) >= 11 is 0. The lowest BCUT2D eigenvalue weighted by molar-refractivity contribution is -0.312. The maximum Gasteiger partial charge on any atom is 0.308 e. The van der Waals surface area contributed by atoms with Gasteiger partial charge < -0.3 is 94.4 Å². The summed E-state index contributed by atoms with van der Waals surface area (Å²) in [5, 5.41) is 120. The van der Waals surface area contributed by atoms with Crippen molar-refractivity contribution in [3.63, 3.8) is 0 Å². The van der Waals surface area contributed by atoms with E-state index in [0.717, 1.165) is 89.9 Å². The minimum absolute atomic E-state index is 0.0862. The molecule has 3 fully saturated rings. The molecule has 0 saturated carbocycles. The van der Waals surface area contributed by atoms with Crippen LogP contribution in [0.4, 0.5) is 0 Å². The molecule has 63 heavy (non-hydrogen) atoms. The number of carbonyl (C=O) groups is 1. The lowest BCUT2D eigenvalue weighted by Gasteiger charge is -2.41. The number of aliphatic hydroxyl groups is 12. The van der Waals surface area contributed by atoms with Crippen LogP contribution in [0.15, 0.2) is 0 Å². The van der Waals surface area contributed by atoms with Crippen molar-refractivity contribution in [1.82, 2.24) is 0 Å². The van der Waals surface area contributed by atoms with Crippen molar-refractivity contribution in [2.24, 2.45) is 0 Å². The van der Waals surface area contributed by atoms with E-state index in [-0.39, 0.29) is 18.6 Å². The summed E-state index contributed by atoms with van der Waals surface area (Å²) in [6.45, 7) is 0.174. The van der Waals surface area contributed by atoms with Crippen LogP contribution in [-0.2, 0) is 38.0 Å². The zero-order valence-electron chi connectivity index (χ0n) is 37.1. The van der Waals surface area contributed by atoms with Gasteiger partial charge in [-0.3, -0.25) is 4.79 Å². The lowest BCUT2D eigenvalue weighted by Crippen LogP contribution is -2.59. The molecular weight excluding hydrogens is 836 g/mol. The fourth-order valence-corrected chi connectivity index (χ4v) is 8.30. The first kappa shape index (κ1) is 56.1. The molecule has 20 heteroatoms. The third-order valence-electron chi connectivity index (χ3n) is 12.4. The molecule has 3 heterocycles. The number of hydrogen-bond acceptors (Lipinski definition) is 20. The Bertz CT molecular complexity index is 1200. The number of ether oxygens (including phenoxy) is 7. The van der Waals surface area contributed by atoms with Crippen molar-refractivity contribution in [2.75, 3.05) is 26.9 Å². The summed E-state index contributed by atoms with van der Waals surface area (Å²) in [5.74, 6) is -0.502. The number of hydrogen-bond donors (Lipinski definition) is 12. The van der Waals surface area contributed by atoms with Crippen molar-refractivity contribution in [3.8, 4) is 0 Å². The third kappa shape index (κ3) is 18.4. The zero-order chi connectivity index (χ0) is 46.5. The van der Waals surface area contributed by atoms with Crippen molar-refractivity contribution < 1.29 is 99.2 Å². The first-order valence-corrected chi connectivity index (χ1v) is 23.1. The van der Waals surface area contributed by atoms with Crippen LogP contribution in [0.2, 0.25) is 0 Å². The molecule has 0 aromatic carbocycles. The fraction of sp³-hybridized carbons (Fsp3) is 0.977. The molecule has 0 aromatic heterocycles. The molecule has 18 atom stereocenters. The maximum atomic E-state index is 12.0. The summed E-state index contributed by atoms with van der Waals surface area (Å²) in [4.78, 5) is 12.0. The summed E-state index contributed by atoms with van der Waals surface area (Å²) in [6, 6.07) is 0. The average Bonchev–Trinajstić information content (AvgIpc) is 3.27. The minimum Gasteiger partial charge on any atom is -0.469 e. The smallest absolute Gasteiger partial charge is 0.308 e. The SMILES string of the molecule is COC(=O)CC(CCCCCCCCCCCC(CCCCCCCC(C)OC1OC(CO)C(O)C(O)C1O)OC1OC(CO)C(O)C(O)C1O)OC1OC(CO)C(O)C(O)C1O. The molecule has 372 valence electrons. The highest BCUT2D eigenvalue weighted by Crippen LogP contribution is 2.29. The Morgan fingerprint density at radius 1 is 0.429 bits per heavy atom. The number of esters is 1. The molecule has 18 unspecified atom stereocenters. The molecule has 20 nitrogen and oxygen atoms in total.